The highest BCUT2D eigenvalue weighted by Gasteiger charge is 2.49. The molecule has 0 spiro atoms. The number of aliphatic hydroxyl groups is 3. The van der Waals surface area contributed by atoms with Crippen LogP contribution in [0.25, 0.3) is 0 Å². The van der Waals surface area contributed by atoms with E-state index in [4.69, 9.17) is 18.9 Å². The number of esters is 2. The number of allylic oxidation sites excluding steroid dienone is 6. The Balaban J connectivity index is 1.71. The van der Waals surface area contributed by atoms with Crippen LogP contribution >= 0.6 is 0 Å². The lowest BCUT2D eigenvalue weighted by Gasteiger charge is -2.47. The molecule has 3 rings (SSSR count). The molecule has 2 saturated heterocycles. The number of carbonyl (C=O) groups is 2. The summed E-state index contributed by atoms with van der Waals surface area (Å²) >= 11 is 0. The van der Waals surface area contributed by atoms with E-state index < -0.39 is 41.8 Å². The van der Waals surface area contributed by atoms with Crippen molar-refractivity contribution in [3.63, 3.8) is 0 Å². The lowest BCUT2D eigenvalue weighted by molar-refractivity contribution is -0.198. The van der Waals surface area contributed by atoms with Crippen LogP contribution in [0.3, 0.4) is 0 Å². The van der Waals surface area contributed by atoms with Gasteiger partial charge in [0.2, 0.25) is 0 Å². The molecule has 2 fully saturated rings. The molecule has 3 aliphatic heterocycles. The van der Waals surface area contributed by atoms with E-state index in [9.17, 15) is 24.9 Å². The molecule has 0 aliphatic carbocycles. The molecule has 4 bridgehead atoms. The summed E-state index contributed by atoms with van der Waals surface area (Å²) in [7, 11) is 0. The van der Waals surface area contributed by atoms with Crippen molar-refractivity contribution >= 4 is 11.9 Å². The van der Waals surface area contributed by atoms with Gasteiger partial charge >= 0.3 is 11.9 Å². The average Bonchev–Trinajstić information content (AvgIpc) is 3.07. The SMILES string of the molecule is C=C(CCC(C)C)COC(=O)[C@H](O)CC=CC[C@@H]1O[C@@H]2/C=C\CC=C/C(C)=C\[C@H]3O[C@@H](C/C=C\C=C/C(=O)O[C@H](C2)[C@@]1(C)CO)C[C@H](O)[C@H]3C. The summed E-state index contributed by atoms with van der Waals surface area (Å²) in [4.78, 5) is 25.3. The molecule has 0 unspecified atom stereocenters. The van der Waals surface area contributed by atoms with E-state index >= 15 is 0 Å². The standard InChI is InChI=1S/C41H60O9/c1-28(2)21-22-30(4)26-47-40(46)34(43)18-13-14-19-37-41(6,27-42)38-25-33(49-37)17-10-7-9-15-29(3)23-36-31(5)35(44)24-32(48-36)16-11-8-12-20-39(45)50-38/h8-15,17,20,23,28,31-38,42-44H,4,7,16,18-19,21-22,24-27H2,1-3,5-6H3/b11-8-,14-13?,15-9?,17-10-,20-12-,29-23-/t31-,32+,33-,34-,35+,36-,37+,38-,41+/m1/s1. The Bertz CT molecular complexity index is 1290. The van der Waals surface area contributed by atoms with Crippen molar-refractivity contribution in [2.45, 2.75) is 129 Å². The first kappa shape index (κ1) is 41.3. The third-order valence-electron chi connectivity index (χ3n) is 9.79. The Morgan fingerprint density at radius 1 is 1.14 bits per heavy atom. The molecule has 0 aromatic heterocycles. The zero-order valence-electron chi connectivity index (χ0n) is 30.6. The van der Waals surface area contributed by atoms with E-state index in [2.05, 4.69) is 26.5 Å². The molecular weight excluding hydrogens is 636 g/mol. The maximum absolute atomic E-state index is 13.0. The Morgan fingerprint density at radius 2 is 1.92 bits per heavy atom. The molecule has 3 N–H and O–H groups in total. The van der Waals surface area contributed by atoms with Gasteiger partial charge < -0.3 is 34.3 Å². The van der Waals surface area contributed by atoms with Gasteiger partial charge in [0.05, 0.1) is 42.5 Å². The van der Waals surface area contributed by atoms with E-state index in [0.29, 0.717) is 38.0 Å². The minimum atomic E-state index is -1.31. The zero-order valence-corrected chi connectivity index (χ0v) is 30.6. The second-order valence-electron chi connectivity index (χ2n) is 14.6. The van der Waals surface area contributed by atoms with Gasteiger partial charge in [-0.05, 0) is 50.5 Å². The van der Waals surface area contributed by atoms with Crippen LogP contribution in [0.5, 0.6) is 0 Å². The van der Waals surface area contributed by atoms with E-state index in [1.807, 2.05) is 57.2 Å². The smallest absolute Gasteiger partial charge is 0.335 e. The van der Waals surface area contributed by atoms with Crippen LogP contribution in [0, 0.1) is 17.3 Å². The summed E-state index contributed by atoms with van der Waals surface area (Å²) in [5.74, 6) is -0.720. The monoisotopic (exact) mass is 696 g/mol. The van der Waals surface area contributed by atoms with E-state index in [0.717, 1.165) is 24.0 Å². The normalized spacial score (nSPS) is 34.6. The van der Waals surface area contributed by atoms with Crippen molar-refractivity contribution < 1.29 is 43.9 Å². The first-order chi connectivity index (χ1) is 23.8. The minimum Gasteiger partial charge on any atom is -0.459 e. The molecule has 278 valence electrons. The number of aliphatic hydroxyl groups excluding tert-OH is 3. The highest BCUT2D eigenvalue weighted by Crippen LogP contribution is 2.41. The fourth-order valence-corrected chi connectivity index (χ4v) is 6.27. The van der Waals surface area contributed by atoms with Crippen molar-refractivity contribution in [2.24, 2.45) is 17.3 Å². The Morgan fingerprint density at radius 3 is 2.66 bits per heavy atom. The third-order valence-corrected chi connectivity index (χ3v) is 9.79. The van der Waals surface area contributed by atoms with Crippen LogP contribution in [0.15, 0.2) is 84.6 Å². The van der Waals surface area contributed by atoms with Gasteiger partial charge in [-0.15, -0.1) is 0 Å². The number of hydrogen-bond donors (Lipinski definition) is 3. The summed E-state index contributed by atoms with van der Waals surface area (Å²) in [5.41, 5.74) is 0.954. The predicted octanol–water partition coefficient (Wildman–Crippen LogP) is 6.41. The van der Waals surface area contributed by atoms with Gasteiger partial charge in [-0.1, -0.05) is 101 Å². The predicted molar refractivity (Wildman–Crippen MR) is 195 cm³/mol. The topological polar surface area (TPSA) is 132 Å². The molecule has 0 aromatic carbocycles. The highest BCUT2D eigenvalue weighted by atomic mass is 16.6. The van der Waals surface area contributed by atoms with Gasteiger partial charge in [-0.3, -0.25) is 0 Å². The highest BCUT2D eigenvalue weighted by molar-refractivity contribution is 5.82. The molecule has 0 amide bonds. The molecule has 9 nitrogen and oxygen atoms in total. The third kappa shape index (κ3) is 13.2. The van der Waals surface area contributed by atoms with Crippen LogP contribution in [0.4, 0.5) is 0 Å². The van der Waals surface area contributed by atoms with Crippen LogP contribution in [0.2, 0.25) is 0 Å². The zero-order chi connectivity index (χ0) is 36.7. The van der Waals surface area contributed by atoms with Gasteiger partial charge in [0, 0.05) is 31.3 Å². The Labute approximate surface area is 299 Å². The molecule has 0 aromatic rings. The molecule has 3 aliphatic rings. The fraction of sp³-hybridized carbons (Fsp3) is 0.610. The fourth-order valence-electron chi connectivity index (χ4n) is 6.27. The number of rotatable bonds is 11. The molecule has 3 heterocycles. The summed E-state index contributed by atoms with van der Waals surface area (Å²) < 4.78 is 23.9. The van der Waals surface area contributed by atoms with Gasteiger partial charge in [0.25, 0.3) is 0 Å². The summed E-state index contributed by atoms with van der Waals surface area (Å²) in [6.07, 6.45) is 21.0. The molecule has 9 heteroatoms. The molecule has 0 saturated carbocycles. The maximum Gasteiger partial charge on any atom is 0.335 e. The number of hydrogen-bond acceptors (Lipinski definition) is 9. The number of ether oxygens (including phenoxy) is 4. The van der Waals surface area contributed by atoms with E-state index in [-0.39, 0.29) is 43.9 Å². The maximum atomic E-state index is 13.0. The van der Waals surface area contributed by atoms with Crippen LogP contribution < -0.4 is 0 Å². The molecular formula is C41H60O9. The van der Waals surface area contributed by atoms with Crippen molar-refractivity contribution in [3.05, 3.63) is 84.6 Å². The van der Waals surface area contributed by atoms with Gasteiger partial charge in [-0.2, -0.15) is 0 Å². The van der Waals surface area contributed by atoms with Gasteiger partial charge in [-0.25, -0.2) is 9.59 Å². The lowest BCUT2D eigenvalue weighted by Crippen LogP contribution is -2.55. The second-order valence-corrected chi connectivity index (χ2v) is 14.6. The van der Waals surface area contributed by atoms with Gasteiger partial charge in [0.15, 0.2) is 6.10 Å². The van der Waals surface area contributed by atoms with Gasteiger partial charge in [0.1, 0.15) is 12.7 Å². The largest absolute Gasteiger partial charge is 0.459 e. The average molecular weight is 697 g/mol. The molecule has 50 heavy (non-hydrogen) atoms. The molecule has 9 atom stereocenters. The van der Waals surface area contributed by atoms with Crippen LogP contribution in [-0.4, -0.2) is 83.2 Å². The summed E-state index contributed by atoms with van der Waals surface area (Å²) in [5, 5.41) is 31.6. The lowest BCUT2D eigenvalue weighted by atomic mass is 9.73. The second kappa shape index (κ2) is 20.7. The van der Waals surface area contributed by atoms with Crippen molar-refractivity contribution in [3.8, 4) is 0 Å². The van der Waals surface area contributed by atoms with E-state index in [1.165, 1.54) is 6.08 Å². The van der Waals surface area contributed by atoms with Crippen molar-refractivity contribution in [1.29, 1.82) is 0 Å². The Kier molecular flexibility index (Phi) is 17.1. The van der Waals surface area contributed by atoms with E-state index in [1.54, 1.807) is 18.2 Å². The Hall–Kier alpha value is -3.08. The number of carbonyl (C=O) groups excluding carboxylic acids is 2. The van der Waals surface area contributed by atoms with Crippen molar-refractivity contribution in [1.82, 2.24) is 0 Å². The molecule has 0 radical (unpaired) electrons. The minimum absolute atomic E-state index is 0.0218. The van der Waals surface area contributed by atoms with Crippen LogP contribution in [-0.2, 0) is 28.5 Å². The first-order valence-corrected chi connectivity index (χ1v) is 18.1. The number of fused-ring (bicyclic) bond motifs is 4. The van der Waals surface area contributed by atoms with Crippen molar-refractivity contribution in [2.75, 3.05) is 13.2 Å². The van der Waals surface area contributed by atoms with Crippen LogP contribution in [0.1, 0.15) is 86.0 Å². The quantitative estimate of drug-likeness (QED) is 0.166. The summed E-state index contributed by atoms with van der Waals surface area (Å²) in [6, 6.07) is 0. The summed E-state index contributed by atoms with van der Waals surface area (Å²) in [6.45, 7) is 13.9. The first-order valence-electron chi connectivity index (χ1n) is 18.1.